The number of nitrogens with zero attached hydrogens (tertiary/aromatic N) is 3. The number of rotatable bonds is 5. The molecule has 0 aliphatic carbocycles. The lowest BCUT2D eigenvalue weighted by Gasteiger charge is -2.19. The SMILES string of the molecule is CN(Cc1ccccc1)c1ccc(C(=O)Nc2cccc3cccnc23)nc1. The van der Waals surface area contributed by atoms with Crippen molar-refractivity contribution in [1.82, 2.24) is 9.97 Å². The molecule has 0 unspecified atom stereocenters. The average Bonchev–Trinajstić information content (AvgIpc) is 2.75. The van der Waals surface area contributed by atoms with Gasteiger partial charge in [-0.15, -0.1) is 0 Å². The van der Waals surface area contributed by atoms with Crippen molar-refractivity contribution in [3.05, 3.63) is 96.4 Å². The van der Waals surface area contributed by atoms with Crippen molar-refractivity contribution in [1.29, 1.82) is 0 Å². The summed E-state index contributed by atoms with van der Waals surface area (Å²) in [4.78, 5) is 23.4. The second-order valence-corrected chi connectivity index (χ2v) is 6.58. The predicted molar refractivity (Wildman–Crippen MR) is 112 cm³/mol. The van der Waals surface area contributed by atoms with E-state index in [0.29, 0.717) is 11.4 Å². The second-order valence-electron chi connectivity index (χ2n) is 6.58. The van der Waals surface area contributed by atoms with Crippen LogP contribution in [0.25, 0.3) is 10.9 Å². The Morgan fingerprint density at radius 1 is 0.929 bits per heavy atom. The van der Waals surface area contributed by atoms with E-state index in [1.54, 1.807) is 18.5 Å². The zero-order chi connectivity index (χ0) is 19.3. The summed E-state index contributed by atoms with van der Waals surface area (Å²) >= 11 is 0. The first-order valence-electron chi connectivity index (χ1n) is 9.07. The first-order chi connectivity index (χ1) is 13.7. The Labute approximate surface area is 163 Å². The minimum atomic E-state index is -0.254. The molecule has 0 bridgehead atoms. The molecule has 0 saturated heterocycles. The van der Waals surface area contributed by atoms with Gasteiger partial charge in [-0.25, -0.2) is 4.98 Å². The van der Waals surface area contributed by atoms with Crippen LogP contribution >= 0.6 is 0 Å². The van der Waals surface area contributed by atoms with Gasteiger partial charge in [0.05, 0.1) is 23.1 Å². The minimum absolute atomic E-state index is 0.254. The molecule has 2 aromatic carbocycles. The van der Waals surface area contributed by atoms with E-state index in [1.807, 2.05) is 61.6 Å². The van der Waals surface area contributed by atoms with Crippen molar-refractivity contribution >= 4 is 28.2 Å². The summed E-state index contributed by atoms with van der Waals surface area (Å²) in [7, 11) is 2.01. The Balaban J connectivity index is 1.48. The molecule has 2 aromatic heterocycles. The van der Waals surface area contributed by atoms with Gasteiger partial charge in [0, 0.05) is 25.2 Å². The summed E-state index contributed by atoms with van der Waals surface area (Å²) in [6.07, 6.45) is 3.44. The summed E-state index contributed by atoms with van der Waals surface area (Å²) in [6, 6.07) is 23.4. The maximum absolute atomic E-state index is 12.6. The van der Waals surface area contributed by atoms with Crippen LogP contribution in [0.4, 0.5) is 11.4 Å². The fraction of sp³-hybridized carbons (Fsp3) is 0.0870. The Bertz CT molecular complexity index is 1090. The fourth-order valence-corrected chi connectivity index (χ4v) is 3.09. The van der Waals surface area contributed by atoms with Gasteiger partial charge < -0.3 is 10.2 Å². The Morgan fingerprint density at radius 2 is 1.75 bits per heavy atom. The van der Waals surface area contributed by atoms with Gasteiger partial charge >= 0.3 is 0 Å². The molecule has 0 spiro atoms. The third-order valence-electron chi connectivity index (χ3n) is 4.56. The second kappa shape index (κ2) is 7.88. The molecule has 5 heteroatoms. The van der Waals surface area contributed by atoms with Gasteiger partial charge in [0.2, 0.25) is 0 Å². The van der Waals surface area contributed by atoms with Gasteiger partial charge in [-0.05, 0) is 29.8 Å². The minimum Gasteiger partial charge on any atom is -0.369 e. The highest BCUT2D eigenvalue weighted by Crippen LogP contribution is 2.21. The van der Waals surface area contributed by atoms with E-state index < -0.39 is 0 Å². The summed E-state index contributed by atoms with van der Waals surface area (Å²) < 4.78 is 0. The number of fused-ring (bicyclic) bond motifs is 1. The largest absolute Gasteiger partial charge is 0.369 e. The molecule has 4 aromatic rings. The lowest BCUT2D eigenvalue weighted by atomic mass is 10.2. The number of aromatic nitrogens is 2. The quantitative estimate of drug-likeness (QED) is 0.563. The van der Waals surface area contributed by atoms with Crippen molar-refractivity contribution in [3.8, 4) is 0 Å². The maximum atomic E-state index is 12.6. The van der Waals surface area contributed by atoms with E-state index in [-0.39, 0.29) is 5.91 Å². The van der Waals surface area contributed by atoms with Crippen LogP contribution in [0.3, 0.4) is 0 Å². The molecule has 1 N–H and O–H groups in total. The van der Waals surface area contributed by atoms with E-state index >= 15 is 0 Å². The highest BCUT2D eigenvalue weighted by Gasteiger charge is 2.11. The highest BCUT2D eigenvalue weighted by molar-refractivity contribution is 6.07. The Kier molecular flexibility index (Phi) is 4.97. The number of amides is 1. The lowest BCUT2D eigenvalue weighted by Crippen LogP contribution is -2.18. The monoisotopic (exact) mass is 368 g/mol. The van der Waals surface area contributed by atoms with Gasteiger partial charge in [-0.3, -0.25) is 9.78 Å². The molecule has 138 valence electrons. The van der Waals surface area contributed by atoms with Gasteiger partial charge in [-0.1, -0.05) is 48.5 Å². The Hall–Kier alpha value is -3.73. The van der Waals surface area contributed by atoms with Crippen LogP contribution in [-0.2, 0) is 6.54 Å². The zero-order valence-electron chi connectivity index (χ0n) is 15.5. The van der Waals surface area contributed by atoms with Crippen molar-refractivity contribution in [2.24, 2.45) is 0 Å². The molecule has 28 heavy (non-hydrogen) atoms. The molecule has 0 fully saturated rings. The van der Waals surface area contributed by atoms with Crippen LogP contribution in [0.2, 0.25) is 0 Å². The first kappa shape index (κ1) is 17.7. The van der Waals surface area contributed by atoms with Gasteiger partial charge in [0.1, 0.15) is 5.69 Å². The van der Waals surface area contributed by atoms with E-state index in [2.05, 4.69) is 32.3 Å². The molecule has 0 aliphatic heterocycles. The highest BCUT2D eigenvalue weighted by atomic mass is 16.1. The number of pyridine rings is 2. The molecule has 0 radical (unpaired) electrons. The van der Waals surface area contributed by atoms with Crippen LogP contribution in [0, 0.1) is 0 Å². The van der Waals surface area contributed by atoms with Crippen molar-refractivity contribution in [2.45, 2.75) is 6.54 Å². The molecule has 2 heterocycles. The van der Waals surface area contributed by atoms with E-state index in [1.165, 1.54) is 5.56 Å². The number of benzene rings is 2. The predicted octanol–water partition coefficient (Wildman–Crippen LogP) is 4.52. The maximum Gasteiger partial charge on any atom is 0.274 e. The lowest BCUT2D eigenvalue weighted by molar-refractivity contribution is 0.102. The molecular formula is C23H20N4O. The number of hydrogen-bond acceptors (Lipinski definition) is 4. The average molecular weight is 368 g/mol. The zero-order valence-corrected chi connectivity index (χ0v) is 15.5. The van der Waals surface area contributed by atoms with Crippen LogP contribution in [0.1, 0.15) is 16.1 Å². The summed E-state index contributed by atoms with van der Waals surface area (Å²) in [6.45, 7) is 0.774. The van der Waals surface area contributed by atoms with Crippen molar-refractivity contribution in [2.75, 3.05) is 17.3 Å². The standard InChI is InChI=1S/C23H20N4O/c1-27(16-17-7-3-2-4-8-17)19-12-13-21(25-15-19)23(28)26-20-11-5-9-18-10-6-14-24-22(18)20/h2-15H,16H2,1H3,(H,26,28). The molecule has 0 aliphatic rings. The molecule has 1 amide bonds. The van der Waals surface area contributed by atoms with E-state index in [4.69, 9.17) is 0 Å². The number of carbonyl (C=O) groups excluding carboxylic acids is 1. The van der Waals surface area contributed by atoms with Gasteiger partial charge in [0.15, 0.2) is 0 Å². The van der Waals surface area contributed by atoms with Crippen LogP contribution < -0.4 is 10.2 Å². The van der Waals surface area contributed by atoms with E-state index in [0.717, 1.165) is 23.1 Å². The number of para-hydroxylation sites is 1. The molecule has 4 rings (SSSR count). The molecule has 5 nitrogen and oxygen atoms in total. The summed E-state index contributed by atoms with van der Waals surface area (Å²) in [5, 5.41) is 3.89. The van der Waals surface area contributed by atoms with Crippen LogP contribution in [0.5, 0.6) is 0 Å². The van der Waals surface area contributed by atoms with Gasteiger partial charge in [-0.2, -0.15) is 0 Å². The molecule has 0 saturated carbocycles. The number of hydrogen-bond donors (Lipinski definition) is 1. The smallest absolute Gasteiger partial charge is 0.274 e. The van der Waals surface area contributed by atoms with Gasteiger partial charge in [0.25, 0.3) is 5.91 Å². The normalized spacial score (nSPS) is 10.6. The number of anilines is 2. The summed E-state index contributed by atoms with van der Waals surface area (Å²) in [5.41, 5.74) is 3.97. The number of nitrogens with one attached hydrogen (secondary N) is 1. The van der Waals surface area contributed by atoms with Crippen LogP contribution in [0.15, 0.2) is 85.2 Å². The first-order valence-corrected chi connectivity index (χ1v) is 9.07. The van der Waals surface area contributed by atoms with Crippen molar-refractivity contribution in [3.63, 3.8) is 0 Å². The Morgan fingerprint density at radius 3 is 2.54 bits per heavy atom. The third kappa shape index (κ3) is 3.83. The van der Waals surface area contributed by atoms with Crippen LogP contribution in [-0.4, -0.2) is 22.9 Å². The molecule has 0 atom stereocenters. The summed E-state index contributed by atoms with van der Waals surface area (Å²) in [5.74, 6) is -0.254. The third-order valence-corrected chi connectivity index (χ3v) is 4.56. The number of carbonyl (C=O) groups is 1. The van der Waals surface area contributed by atoms with E-state index in [9.17, 15) is 4.79 Å². The molecular weight excluding hydrogens is 348 g/mol. The topological polar surface area (TPSA) is 58.1 Å². The van der Waals surface area contributed by atoms with Crippen molar-refractivity contribution < 1.29 is 4.79 Å². The fourth-order valence-electron chi connectivity index (χ4n) is 3.09.